The van der Waals surface area contributed by atoms with Crippen molar-refractivity contribution >= 4 is 5.91 Å². The molecule has 0 bridgehead atoms. The summed E-state index contributed by atoms with van der Waals surface area (Å²) in [5, 5.41) is 42.8. The van der Waals surface area contributed by atoms with Gasteiger partial charge in [-0.3, -0.25) is 4.79 Å². The zero-order valence-electron chi connectivity index (χ0n) is 36.7. The molecular formula is C49H95NO5. The molecule has 0 aromatic rings. The van der Waals surface area contributed by atoms with Gasteiger partial charge in [-0.1, -0.05) is 231 Å². The van der Waals surface area contributed by atoms with Crippen LogP contribution in [0.15, 0.2) is 24.3 Å². The summed E-state index contributed by atoms with van der Waals surface area (Å²) < 4.78 is 0. The number of hydrogen-bond acceptors (Lipinski definition) is 5. The number of nitrogens with one attached hydrogen (secondary N) is 1. The Morgan fingerprint density at radius 2 is 0.782 bits per heavy atom. The summed E-state index contributed by atoms with van der Waals surface area (Å²) >= 11 is 0. The van der Waals surface area contributed by atoms with Crippen LogP contribution in [0.2, 0.25) is 0 Å². The van der Waals surface area contributed by atoms with Crippen molar-refractivity contribution in [1.29, 1.82) is 0 Å². The molecule has 0 saturated heterocycles. The fraction of sp³-hybridized carbons (Fsp3) is 0.898. The van der Waals surface area contributed by atoms with Crippen molar-refractivity contribution in [2.24, 2.45) is 0 Å². The van der Waals surface area contributed by atoms with E-state index in [1.807, 2.05) is 0 Å². The van der Waals surface area contributed by atoms with E-state index in [1.54, 1.807) is 0 Å². The van der Waals surface area contributed by atoms with Crippen LogP contribution in [0.1, 0.15) is 251 Å². The molecule has 326 valence electrons. The lowest BCUT2D eigenvalue weighted by atomic mass is 10.00. The predicted molar refractivity (Wildman–Crippen MR) is 237 cm³/mol. The second-order valence-electron chi connectivity index (χ2n) is 16.8. The lowest BCUT2D eigenvalue weighted by Crippen LogP contribution is -2.53. The van der Waals surface area contributed by atoms with Gasteiger partial charge in [0, 0.05) is 0 Å². The highest BCUT2D eigenvalue weighted by Gasteiger charge is 2.28. The highest BCUT2D eigenvalue weighted by molar-refractivity contribution is 5.80. The number of aliphatic hydroxyl groups is 4. The predicted octanol–water partition coefficient (Wildman–Crippen LogP) is 13.1. The molecule has 0 aromatic heterocycles. The molecule has 0 radical (unpaired) electrons. The molecule has 6 nitrogen and oxygen atoms in total. The van der Waals surface area contributed by atoms with Crippen molar-refractivity contribution in [2.75, 3.05) is 6.61 Å². The third-order valence-electron chi connectivity index (χ3n) is 11.4. The minimum absolute atomic E-state index is 0.369. The van der Waals surface area contributed by atoms with Gasteiger partial charge in [0.05, 0.1) is 18.8 Å². The van der Waals surface area contributed by atoms with Gasteiger partial charge in [0.2, 0.25) is 5.91 Å². The van der Waals surface area contributed by atoms with E-state index in [0.29, 0.717) is 12.8 Å². The number of hydrogen-bond donors (Lipinski definition) is 5. The first-order valence-corrected chi connectivity index (χ1v) is 24.2. The first-order chi connectivity index (χ1) is 27.0. The van der Waals surface area contributed by atoms with Crippen molar-refractivity contribution in [3.8, 4) is 0 Å². The van der Waals surface area contributed by atoms with Crippen molar-refractivity contribution in [3.05, 3.63) is 24.3 Å². The zero-order chi connectivity index (χ0) is 40.3. The molecule has 0 fully saturated rings. The third kappa shape index (κ3) is 38.1. The summed E-state index contributed by atoms with van der Waals surface area (Å²) in [5.41, 5.74) is 0. The molecule has 5 N–H and O–H groups in total. The molecule has 0 saturated carbocycles. The van der Waals surface area contributed by atoms with Crippen molar-refractivity contribution in [1.82, 2.24) is 5.32 Å². The van der Waals surface area contributed by atoms with Gasteiger partial charge in [0.1, 0.15) is 12.2 Å². The van der Waals surface area contributed by atoms with Gasteiger partial charge < -0.3 is 25.7 Å². The van der Waals surface area contributed by atoms with Crippen LogP contribution in [0.3, 0.4) is 0 Å². The third-order valence-corrected chi connectivity index (χ3v) is 11.4. The number of allylic oxidation sites excluding steroid dienone is 4. The average Bonchev–Trinajstić information content (AvgIpc) is 3.19. The van der Waals surface area contributed by atoms with Crippen LogP contribution in [0.5, 0.6) is 0 Å². The van der Waals surface area contributed by atoms with E-state index in [0.717, 1.165) is 44.9 Å². The largest absolute Gasteiger partial charge is 0.394 e. The van der Waals surface area contributed by atoms with E-state index in [-0.39, 0.29) is 0 Å². The summed E-state index contributed by atoms with van der Waals surface area (Å²) in [7, 11) is 0. The van der Waals surface area contributed by atoms with E-state index in [2.05, 4.69) is 43.5 Å². The Morgan fingerprint density at radius 1 is 0.455 bits per heavy atom. The minimum Gasteiger partial charge on any atom is -0.394 e. The van der Waals surface area contributed by atoms with Gasteiger partial charge in [-0.05, 0) is 44.9 Å². The normalized spacial score (nSPS) is 14.2. The molecule has 0 aliphatic carbocycles. The molecule has 55 heavy (non-hydrogen) atoms. The van der Waals surface area contributed by atoms with Gasteiger partial charge in [0.15, 0.2) is 0 Å². The quantitative estimate of drug-likeness (QED) is 0.0313. The first kappa shape index (κ1) is 53.8. The molecule has 0 aliphatic heterocycles. The van der Waals surface area contributed by atoms with Crippen LogP contribution in [-0.4, -0.2) is 57.3 Å². The highest BCUT2D eigenvalue weighted by Crippen LogP contribution is 2.16. The fourth-order valence-corrected chi connectivity index (χ4v) is 7.55. The maximum absolute atomic E-state index is 12.3. The second-order valence-corrected chi connectivity index (χ2v) is 16.8. The SMILES string of the molecule is CCCCCCCCCCCCCCC/C=C\C/C=C\CCCCCCCCCCCCCCCCCCC(O)C(=O)NC(CO)C(O)C(O)CCCCC. The highest BCUT2D eigenvalue weighted by atomic mass is 16.3. The monoisotopic (exact) mass is 778 g/mol. The molecule has 4 atom stereocenters. The van der Waals surface area contributed by atoms with E-state index < -0.39 is 36.9 Å². The van der Waals surface area contributed by atoms with Crippen molar-refractivity contribution < 1.29 is 25.2 Å². The van der Waals surface area contributed by atoms with Crippen LogP contribution in [0, 0.1) is 0 Å². The second kappa shape index (κ2) is 43.9. The first-order valence-electron chi connectivity index (χ1n) is 24.2. The van der Waals surface area contributed by atoms with Crippen molar-refractivity contribution in [3.63, 3.8) is 0 Å². The molecule has 0 aromatic carbocycles. The van der Waals surface area contributed by atoms with Crippen LogP contribution < -0.4 is 5.32 Å². The Hall–Kier alpha value is -1.21. The van der Waals surface area contributed by atoms with E-state index >= 15 is 0 Å². The Bertz CT molecular complexity index is 832. The lowest BCUT2D eigenvalue weighted by Gasteiger charge is -2.27. The summed E-state index contributed by atoms with van der Waals surface area (Å²) in [5.74, 6) is -0.592. The molecule has 6 heteroatoms. The maximum atomic E-state index is 12.3. The van der Waals surface area contributed by atoms with E-state index in [1.165, 1.54) is 180 Å². The zero-order valence-corrected chi connectivity index (χ0v) is 36.7. The molecule has 0 aliphatic rings. The Kier molecular flexibility index (Phi) is 42.9. The smallest absolute Gasteiger partial charge is 0.249 e. The summed E-state index contributed by atoms with van der Waals surface area (Å²) in [6.45, 7) is 3.87. The van der Waals surface area contributed by atoms with Gasteiger partial charge in [-0.25, -0.2) is 0 Å². The molecule has 0 rings (SSSR count). The van der Waals surface area contributed by atoms with Crippen LogP contribution >= 0.6 is 0 Å². The van der Waals surface area contributed by atoms with E-state index in [9.17, 15) is 25.2 Å². The van der Waals surface area contributed by atoms with Gasteiger partial charge in [-0.2, -0.15) is 0 Å². The van der Waals surface area contributed by atoms with Gasteiger partial charge in [-0.15, -0.1) is 0 Å². The molecule has 0 spiro atoms. The fourth-order valence-electron chi connectivity index (χ4n) is 7.55. The Labute approximate surface area is 342 Å². The Balaban J connectivity index is 3.42. The number of carbonyl (C=O) groups excluding carboxylic acids is 1. The molecule has 0 heterocycles. The van der Waals surface area contributed by atoms with Crippen molar-refractivity contribution in [2.45, 2.75) is 276 Å². The molecule has 4 unspecified atom stereocenters. The van der Waals surface area contributed by atoms with Crippen LogP contribution in [0.4, 0.5) is 0 Å². The standard InChI is InChI=1S/C49H95NO5/c1-3-5-7-8-9-10-11-12-13-14-15-16-17-18-19-20-21-22-23-24-25-26-27-28-29-30-31-32-33-34-35-36-37-38-39-41-43-47(53)49(55)50-45(44-51)48(54)46(52)42-40-6-4-2/h19-20,22-23,45-48,51-54H,3-18,21,24-44H2,1-2H3,(H,50,55)/b20-19-,23-22-. The topological polar surface area (TPSA) is 110 Å². The van der Waals surface area contributed by atoms with Gasteiger partial charge in [0.25, 0.3) is 0 Å². The summed E-state index contributed by atoms with van der Waals surface area (Å²) in [6, 6.07) is -0.979. The maximum Gasteiger partial charge on any atom is 0.249 e. The number of amides is 1. The molecule has 1 amide bonds. The lowest BCUT2D eigenvalue weighted by molar-refractivity contribution is -0.132. The number of unbranched alkanes of at least 4 members (excludes halogenated alkanes) is 31. The number of aliphatic hydroxyl groups excluding tert-OH is 4. The minimum atomic E-state index is -1.25. The van der Waals surface area contributed by atoms with Crippen LogP contribution in [-0.2, 0) is 4.79 Å². The van der Waals surface area contributed by atoms with Crippen LogP contribution in [0.25, 0.3) is 0 Å². The average molecular weight is 778 g/mol. The number of carbonyl (C=O) groups is 1. The van der Waals surface area contributed by atoms with Gasteiger partial charge >= 0.3 is 0 Å². The number of rotatable bonds is 44. The summed E-state index contributed by atoms with van der Waals surface area (Å²) in [4.78, 5) is 12.3. The molecular weight excluding hydrogens is 683 g/mol. The van der Waals surface area contributed by atoms with E-state index in [4.69, 9.17) is 0 Å². The Morgan fingerprint density at radius 3 is 1.16 bits per heavy atom. The summed E-state index contributed by atoms with van der Waals surface area (Å²) in [6.07, 6.45) is 52.1.